The zero-order valence-electron chi connectivity index (χ0n) is 15.5. The van der Waals surface area contributed by atoms with Gasteiger partial charge in [0.2, 0.25) is 0 Å². The topological polar surface area (TPSA) is 77.1 Å². The highest BCUT2D eigenvalue weighted by molar-refractivity contribution is 5.99. The lowest BCUT2D eigenvalue weighted by molar-refractivity contribution is -0.151. The van der Waals surface area contributed by atoms with Crippen molar-refractivity contribution in [2.45, 2.75) is 12.5 Å². The van der Waals surface area contributed by atoms with Gasteiger partial charge in [-0.1, -0.05) is 24.3 Å². The number of carbonyl (C=O) groups excluding carboxylic acids is 2. The van der Waals surface area contributed by atoms with Gasteiger partial charge in [-0.05, 0) is 36.2 Å². The third-order valence-electron chi connectivity index (χ3n) is 4.63. The molecular formula is C20H22N2O5. The van der Waals surface area contributed by atoms with Crippen LogP contribution in [0.25, 0.3) is 0 Å². The van der Waals surface area contributed by atoms with E-state index in [1.807, 2.05) is 42.5 Å². The number of carbonyl (C=O) groups is 2. The fourth-order valence-electron chi connectivity index (χ4n) is 3.23. The Kier molecular flexibility index (Phi) is 5.49. The minimum absolute atomic E-state index is 0.281. The highest BCUT2D eigenvalue weighted by Gasteiger charge is 2.40. The normalized spacial score (nSPS) is 19.2. The molecule has 0 bridgehead atoms. The number of rotatable bonds is 5. The molecule has 1 heterocycles. The number of nitrogens with one attached hydrogen (secondary N) is 1. The number of amides is 1. The second-order valence-corrected chi connectivity index (χ2v) is 6.12. The van der Waals surface area contributed by atoms with E-state index in [1.165, 1.54) is 7.11 Å². The van der Waals surface area contributed by atoms with Crippen LogP contribution in [0.3, 0.4) is 0 Å². The van der Waals surface area contributed by atoms with Gasteiger partial charge in [0.05, 0.1) is 33.1 Å². The number of benzene rings is 2. The maximum atomic E-state index is 12.5. The molecule has 7 heteroatoms. The number of esters is 1. The molecule has 7 nitrogen and oxygen atoms in total. The average Bonchev–Trinajstić information content (AvgIpc) is 2.73. The van der Waals surface area contributed by atoms with Crippen molar-refractivity contribution in [1.29, 1.82) is 0 Å². The SMILES string of the molecule is COC(=O)C1CC(c2ccc(OC)c(OC)c2)N(c2ccccc2)NC1=O. The van der Waals surface area contributed by atoms with Gasteiger partial charge in [0.1, 0.15) is 5.92 Å². The summed E-state index contributed by atoms with van der Waals surface area (Å²) in [6.07, 6.45) is 0.281. The summed E-state index contributed by atoms with van der Waals surface area (Å²) < 4.78 is 15.5. The highest BCUT2D eigenvalue weighted by Crippen LogP contribution is 2.38. The molecule has 2 unspecified atom stereocenters. The number of hydrazine groups is 1. The number of nitrogens with zero attached hydrogens (tertiary/aromatic N) is 1. The largest absolute Gasteiger partial charge is 0.493 e. The fraction of sp³-hybridized carbons (Fsp3) is 0.300. The third kappa shape index (κ3) is 3.67. The predicted octanol–water partition coefficient (Wildman–Crippen LogP) is 2.48. The molecule has 0 radical (unpaired) electrons. The minimum atomic E-state index is -0.881. The average molecular weight is 370 g/mol. The van der Waals surface area contributed by atoms with Gasteiger partial charge in [0, 0.05) is 0 Å². The van der Waals surface area contributed by atoms with E-state index in [9.17, 15) is 9.59 Å². The monoisotopic (exact) mass is 370 g/mol. The predicted molar refractivity (Wildman–Crippen MR) is 99.5 cm³/mol. The molecule has 1 aliphatic rings. The van der Waals surface area contributed by atoms with Gasteiger partial charge in [0.25, 0.3) is 5.91 Å². The van der Waals surface area contributed by atoms with Crippen LogP contribution in [0, 0.1) is 5.92 Å². The van der Waals surface area contributed by atoms with E-state index in [2.05, 4.69) is 5.43 Å². The van der Waals surface area contributed by atoms with Crippen molar-refractivity contribution < 1.29 is 23.8 Å². The standard InChI is InChI=1S/C20H22N2O5/c1-25-17-10-9-13(11-18(17)26-2)16-12-15(20(24)27-3)19(23)21-22(16)14-7-5-4-6-8-14/h4-11,15-16H,12H2,1-3H3,(H,21,23). The summed E-state index contributed by atoms with van der Waals surface area (Å²) in [7, 11) is 4.42. The number of methoxy groups -OCH3 is 3. The smallest absolute Gasteiger partial charge is 0.318 e. The third-order valence-corrected chi connectivity index (χ3v) is 4.63. The molecule has 3 rings (SSSR count). The first-order chi connectivity index (χ1) is 13.1. The van der Waals surface area contributed by atoms with Crippen LogP contribution in [0.15, 0.2) is 48.5 Å². The molecule has 0 aliphatic carbocycles. The second kappa shape index (κ2) is 7.99. The Hall–Kier alpha value is -3.22. The molecule has 0 aromatic heterocycles. The van der Waals surface area contributed by atoms with Gasteiger partial charge < -0.3 is 14.2 Å². The van der Waals surface area contributed by atoms with Crippen molar-refractivity contribution in [3.63, 3.8) is 0 Å². The van der Waals surface area contributed by atoms with Crippen molar-refractivity contribution in [1.82, 2.24) is 5.43 Å². The van der Waals surface area contributed by atoms with Gasteiger partial charge in [-0.15, -0.1) is 0 Å². The van der Waals surface area contributed by atoms with Gasteiger partial charge >= 0.3 is 5.97 Å². The Bertz CT molecular complexity index is 824. The molecule has 1 amide bonds. The zero-order chi connectivity index (χ0) is 19.4. The highest BCUT2D eigenvalue weighted by atomic mass is 16.5. The van der Waals surface area contributed by atoms with E-state index in [0.29, 0.717) is 11.5 Å². The Labute approximate surface area is 157 Å². The number of hydrogen-bond donors (Lipinski definition) is 1. The summed E-state index contributed by atoms with van der Waals surface area (Å²) in [5, 5.41) is 1.77. The Balaban J connectivity index is 2.03. The van der Waals surface area contributed by atoms with E-state index in [4.69, 9.17) is 14.2 Å². The molecule has 1 fully saturated rings. The first kappa shape index (κ1) is 18.6. The number of para-hydroxylation sites is 1. The molecule has 2 aromatic rings. The maximum Gasteiger partial charge on any atom is 0.318 e. The van der Waals surface area contributed by atoms with Gasteiger partial charge in [0.15, 0.2) is 11.5 Å². The van der Waals surface area contributed by atoms with E-state index in [1.54, 1.807) is 25.3 Å². The van der Waals surface area contributed by atoms with E-state index in [0.717, 1.165) is 11.3 Å². The zero-order valence-corrected chi connectivity index (χ0v) is 15.5. The fourth-order valence-corrected chi connectivity index (χ4v) is 3.23. The van der Waals surface area contributed by atoms with Crippen LogP contribution in [0.5, 0.6) is 11.5 Å². The molecular weight excluding hydrogens is 348 g/mol. The van der Waals surface area contributed by atoms with Crippen molar-refractivity contribution in [2.24, 2.45) is 5.92 Å². The van der Waals surface area contributed by atoms with Crippen LogP contribution < -0.4 is 19.9 Å². The minimum Gasteiger partial charge on any atom is -0.493 e. The van der Waals surface area contributed by atoms with Crippen LogP contribution in [0.4, 0.5) is 5.69 Å². The lowest BCUT2D eigenvalue weighted by atomic mass is 9.91. The molecule has 1 N–H and O–H groups in total. The Morgan fingerprint density at radius 2 is 1.74 bits per heavy atom. The van der Waals surface area contributed by atoms with Gasteiger partial charge in [-0.3, -0.25) is 20.0 Å². The van der Waals surface area contributed by atoms with Crippen LogP contribution in [-0.4, -0.2) is 33.2 Å². The summed E-state index contributed by atoms with van der Waals surface area (Å²) in [5.41, 5.74) is 4.53. The summed E-state index contributed by atoms with van der Waals surface area (Å²) in [4.78, 5) is 24.6. The molecule has 0 saturated carbocycles. The van der Waals surface area contributed by atoms with E-state index in [-0.39, 0.29) is 18.4 Å². The van der Waals surface area contributed by atoms with Crippen LogP contribution in [-0.2, 0) is 14.3 Å². The molecule has 0 spiro atoms. The lowest BCUT2D eigenvalue weighted by Gasteiger charge is -2.40. The van der Waals surface area contributed by atoms with Crippen LogP contribution >= 0.6 is 0 Å². The van der Waals surface area contributed by atoms with E-state index >= 15 is 0 Å². The van der Waals surface area contributed by atoms with Gasteiger partial charge in [-0.2, -0.15) is 0 Å². The Morgan fingerprint density at radius 1 is 1.04 bits per heavy atom. The van der Waals surface area contributed by atoms with Crippen molar-refractivity contribution >= 4 is 17.6 Å². The first-order valence-corrected chi connectivity index (χ1v) is 8.53. The lowest BCUT2D eigenvalue weighted by Crippen LogP contribution is -2.54. The van der Waals surface area contributed by atoms with Crippen LogP contribution in [0.2, 0.25) is 0 Å². The van der Waals surface area contributed by atoms with Crippen molar-refractivity contribution in [3.05, 3.63) is 54.1 Å². The molecule has 1 saturated heterocycles. The molecule has 1 aliphatic heterocycles. The number of anilines is 1. The number of ether oxygens (including phenoxy) is 3. The van der Waals surface area contributed by atoms with Crippen LogP contribution in [0.1, 0.15) is 18.0 Å². The molecule has 142 valence electrons. The second-order valence-electron chi connectivity index (χ2n) is 6.12. The van der Waals surface area contributed by atoms with Crippen molar-refractivity contribution in [2.75, 3.05) is 26.3 Å². The number of hydrogen-bond acceptors (Lipinski definition) is 6. The Morgan fingerprint density at radius 3 is 2.37 bits per heavy atom. The summed E-state index contributed by atoms with van der Waals surface area (Å²) >= 11 is 0. The van der Waals surface area contributed by atoms with Crippen molar-refractivity contribution in [3.8, 4) is 11.5 Å². The maximum absolute atomic E-state index is 12.5. The molecule has 2 aromatic carbocycles. The van der Waals surface area contributed by atoms with E-state index < -0.39 is 11.9 Å². The summed E-state index contributed by atoms with van der Waals surface area (Å²) in [6.45, 7) is 0. The molecule has 27 heavy (non-hydrogen) atoms. The molecule has 2 atom stereocenters. The summed E-state index contributed by atoms with van der Waals surface area (Å²) in [5.74, 6) is -0.632. The first-order valence-electron chi connectivity index (χ1n) is 8.53. The van der Waals surface area contributed by atoms with Gasteiger partial charge in [-0.25, -0.2) is 0 Å². The quantitative estimate of drug-likeness (QED) is 0.644. The summed E-state index contributed by atoms with van der Waals surface area (Å²) in [6, 6.07) is 14.7.